The first-order chi connectivity index (χ1) is 10.0. The quantitative estimate of drug-likeness (QED) is 0.887. The summed E-state index contributed by atoms with van der Waals surface area (Å²) in [5, 5.41) is 0.653. The molecule has 1 N–H and O–H groups in total. The van der Waals surface area contributed by atoms with Crippen LogP contribution in [0.15, 0.2) is 29.1 Å². The molecule has 1 aromatic heterocycles. The van der Waals surface area contributed by atoms with Gasteiger partial charge in [0, 0.05) is 12.6 Å². The second-order valence-electron chi connectivity index (χ2n) is 6.11. The molecule has 114 valence electrons. The van der Waals surface area contributed by atoms with Crippen molar-refractivity contribution in [1.82, 2.24) is 14.9 Å². The molecule has 0 saturated carbocycles. The van der Waals surface area contributed by atoms with Gasteiger partial charge in [-0.05, 0) is 31.4 Å². The summed E-state index contributed by atoms with van der Waals surface area (Å²) in [4.78, 5) is 22.0. The number of hydrogen-bond acceptors (Lipinski definition) is 3. The Morgan fingerprint density at radius 3 is 2.62 bits per heavy atom. The van der Waals surface area contributed by atoms with Gasteiger partial charge in [-0.2, -0.15) is 0 Å². The summed E-state index contributed by atoms with van der Waals surface area (Å²) in [6, 6.07) is 7.96. The molecule has 0 aliphatic carbocycles. The lowest BCUT2D eigenvalue weighted by Gasteiger charge is -2.29. The second-order valence-corrected chi connectivity index (χ2v) is 6.11. The highest BCUT2D eigenvalue weighted by atomic mass is 16.1. The minimum Gasteiger partial charge on any atom is -0.309 e. The van der Waals surface area contributed by atoms with Crippen LogP contribution in [0.3, 0.4) is 0 Å². The van der Waals surface area contributed by atoms with Crippen molar-refractivity contribution in [3.8, 4) is 0 Å². The molecule has 21 heavy (non-hydrogen) atoms. The van der Waals surface area contributed by atoms with Crippen LogP contribution in [0.2, 0.25) is 0 Å². The van der Waals surface area contributed by atoms with Gasteiger partial charge in [0.25, 0.3) is 5.56 Å². The molecule has 1 atom stereocenters. The maximum atomic E-state index is 12.1. The Morgan fingerprint density at radius 1 is 1.24 bits per heavy atom. The summed E-state index contributed by atoms with van der Waals surface area (Å²) in [5.41, 5.74) is 0.717. The van der Waals surface area contributed by atoms with Crippen LogP contribution in [0.25, 0.3) is 10.9 Å². The van der Waals surface area contributed by atoms with Crippen LogP contribution in [0.4, 0.5) is 0 Å². The van der Waals surface area contributed by atoms with E-state index in [2.05, 4.69) is 42.6 Å². The fraction of sp³-hybridized carbons (Fsp3) is 0.529. The van der Waals surface area contributed by atoms with E-state index in [0.717, 1.165) is 24.3 Å². The van der Waals surface area contributed by atoms with E-state index < -0.39 is 0 Å². The van der Waals surface area contributed by atoms with Crippen molar-refractivity contribution >= 4 is 10.9 Å². The molecule has 0 fully saturated rings. The van der Waals surface area contributed by atoms with Crippen molar-refractivity contribution < 1.29 is 0 Å². The first-order valence-corrected chi connectivity index (χ1v) is 7.73. The minimum absolute atomic E-state index is 0.0516. The molecule has 1 aromatic carbocycles. The highest BCUT2D eigenvalue weighted by Gasteiger charge is 2.15. The number of nitrogens with zero attached hydrogens (tertiary/aromatic N) is 2. The van der Waals surface area contributed by atoms with Crippen LogP contribution in [-0.2, 0) is 6.54 Å². The van der Waals surface area contributed by atoms with Gasteiger partial charge in [0.15, 0.2) is 0 Å². The molecule has 2 aromatic rings. The fourth-order valence-electron chi connectivity index (χ4n) is 2.53. The van der Waals surface area contributed by atoms with Crippen LogP contribution in [-0.4, -0.2) is 27.5 Å². The summed E-state index contributed by atoms with van der Waals surface area (Å²) in [7, 11) is 0. The molecule has 1 heterocycles. The highest BCUT2D eigenvalue weighted by Crippen LogP contribution is 2.12. The van der Waals surface area contributed by atoms with E-state index in [9.17, 15) is 4.79 Å². The predicted octanol–water partition coefficient (Wildman–Crippen LogP) is 3.18. The third-order valence-corrected chi connectivity index (χ3v) is 3.83. The van der Waals surface area contributed by atoms with E-state index in [4.69, 9.17) is 0 Å². The molecule has 0 radical (unpaired) electrons. The Kier molecular flexibility index (Phi) is 5.12. The largest absolute Gasteiger partial charge is 0.309 e. The molecule has 4 heteroatoms. The number of hydrogen-bond donors (Lipinski definition) is 1. The van der Waals surface area contributed by atoms with Gasteiger partial charge in [-0.3, -0.25) is 9.69 Å². The van der Waals surface area contributed by atoms with Crippen LogP contribution in [0.5, 0.6) is 0 Å². The standard InChI is InChI=1S/C17H25N3O/c1-5-13(4)20(10-12(2)3)11-16-18-15-9-7-6-8-14(15)17(21)19-16/h6-9,12-13H,5,10-11H2,1-4H3,(H,18,19,21). The van der Waals surface area contributed by atoms with Crippen molar-refractivity contribution in [2.75, 3.05) is 6.54 Å². The normalized spacial score (nSPS) is 13.2. The SMILES string of the molecule is CCC(C)N(Cc1nc2ccccc2c(=O)[nH]1)CC(C)C. The number of nitrogens with one attached hydrogen (secondary N) is 1. The van der Waals surface area contributed by atoms with Gasteiger partial charge >= 0.3 is 0 Å². The minimum atomic E-state index is -0.0516. The Balaban J connectivity index is 2.30. The van der Waals surface area contributed by atoms with E-state index >= 15 is 0 Å². The third kappa shape index (κ3) is 3.91. The van der Waals surface area contributed by atoms with Gasteiger partial charge in [0.1, 0.15) is 5.82 Å². The van der Waals surface area contributed by atoms with Crippen LogP contribution >= 0.6 is 0 Å². The lowest BCUT2D eigenvalue weighted by Crippen LogP contribution is -2.36. The number of fused-ring (bicyclic) bond motifs is 1. The van der Waals surface area contributed by atoms with Crippen molar-refractivity contribution in [2.45, 2.75) is 46.7 Å². The predicted molar refractivity (Wildman–Crippen MR) is 87.4 cm³/mol. The number of rotatable bonds is 6. The van der Waals surface area contributed by atoms with Gasteiger partial charge in [-0.15, -0.1) is 0 Å². The molecule has 0 aliphatic rings. The zero-order chi connectivity index (χ0) is 15.4. The topological polar surface area (TPSA) is 49.0 Å². The Bertz CT molecular complexity index is 648. The summed E-state index contributed by atoms with van der Waals surface area (Å²) in [6.07, 6.45) is 1.09. The molecular weight excluding hydrogens is 262 g/mol. The fourth-order valence-corrected chi connectivity index (χ4v) is 2.53. The molecule has 1 unspecified atom stereocenters. The monoisotopic (exact) mass is 287 g/mol. The van der Waals surface area contributed by atoms with E-state index in [1.165, 1.54) is 0 Å². The summed E-state index contributed by atoms with van der Waals surface area (Å²) in [5.74, 6) is 1.34. The van der Waals surface area contributed by atoms with E-state index in [1.54, 1.807) is 0 Å². The number of aromatic amines is 1. The number of para-hydroxylation sites is 1. The zero-order valence-electron chi connectivity index (χ0n) is 13.4. The van der Waals surface area contributed by atoms with Crippen molar-refractivity contribution in [3.63, 3.8) is 0 Å². The molecule has 0 bridgehead atoms. The summed E-state index contributed by atoms with van der Waals surface area (Å²) < 4.78 is 0. The van der Waals surface area contributed by atoms with Gasteiger partial charge in [-0.1, -0.05) is 32.9 Å². The van der Waals surface area contributed by atoms with E-state index in [1.807, 2.05) is 24.3 Å². The number of benzene rings is 1. The molecule has 0 amide bonds. The van der Waals surface area contributed by atoms with Crippen LogP contribution in [0.1, 0.15) is 39.9 Å². The maximum absolute atomic E-state index is 12.1. The number of H-pyrrole nitrogens is 1. The van der Waals surface area contributed by atoms with Crippen LogP contribution < -0.4 is 5.56 Å². The van der Waals surface area contributed by atoms with Crippen LogP contribution in [0, 0.1) is 5.92 Å². The lowest BCUT2D eigenvalue weighted by molar-refractivity contribution is 0.169. The molecule has 2 rings (SSSR count). The van der Waals surface area contributed by atoms with Gasteiger partial charge in [0.2, 0.25) is 0 Å². The summed E-state index contributed by atoms with van der Waals surface area (Å²) in [6.45, 7) is 10.5. The van der Waals surface area contributed by atoms with Crippen molar-refractivity contribution in [3.05, 3.63) is 40.4 Å². The zero-order valence-corrected chi connectivity index (χ0v) is 13.4. The molecule has 0 aliphatic heterocycles. The van der Waals surface area contributed by atoms with Gasteiger partial charge < -0.3 is 4.98 Å². The van der Waals surface area contributed by atoms with Crippen molar-refractivity contribution in [2.24, 2.45) is 5.92 Å². The Morgan fingerprint density at radius 2 is 1.95 bits per heavy atom. The molecular formula is C17H25N3O. The number of aromatic nitrogens is 2. The van der Waals surface area contributed by atoms with Crippen molar-refractivity contribution in [1.29, 1.82) is 0 Å². The smallest absolute Gasteiger partial charge is 0.258 e. The highest BCUT2D eigenvalue weighted by molar-refractivity contribution is 5.77. The average Bonchev–Trinajstić information content (AvgIpc) is 2.45. The first-order valence-electron chi connectivity index (χ1n) is 7.73. The van der Waals surface area contributed by atoms with Gasteiger partial charge in [-0.25, -0.2) is 4.98 Å². The lowest BCUT2D eigenvalue weighted by atomic mass is 10.1. The molecule has 0 spiro atoms. The molecule has 0 saturated heterocycles. The molecule has 4 nitrogen and oxygen atoms in total. The Hall–Kier alpha value is -1.68. The van der Waals surface area contributed by atoms with E-state index in [-0.39, 0.29) is 5.56 Å². The summed E-state index contributed by atoms with van der Waals surface area (Å²) >= 11 is 0. The Labute approximate surface area is 126 Å². The average molecular weight is 287 g/mol. The van der Waals surface area contributed by atoms with E-state index in [0.29, 0.717) is 23.9 Å². The second kappa shape index (κ2) is 6.85. The first kappa shape index (κ1) is 15.7. The maximum Gasteiger partial charge on any atom is 0.258 e. The third-order valence-electron chi connectivity index (χ3n) is 3.83. The van der Waals surface area contributed by atoms with Gasteiger partial charge in [0.05, 0.1) is 17.4 Å².